The van der Waals surface area contributed by atoms with Gasteiger partial charge in [0.1, 0.15) is 0 Å². The van der Waals surface area contributed by atoms with Crippen LogP contribution in [0.2, 0.25) is 0 Å². The normalized spacial score (nSPS) is 11.2. The second-order valence-electron chi connectivity index (χ2n) is 7.00. The van der Waals surface area contributed by atoms with Crippen LogP contribution in [0.4, 0.5) is 0 Å². The van der Waals surface area contributed by atoms with Gasteiger partial charge in [0.15, 0.2) is 0 Å². The Kier molecular flexibility index (Phi) is 6.22. The summed E-state index contributed by atoms with van der Waals surface area (Å²) in [7, 11) is 0. The van der Waals surface area contributed by atoms with Gasteiger partial charge in [-0.3, -0.25) is 0 Å². The monoisotopic (exact) mass is 496 g/mol. The molecule has 0 saturated carbocycles. The molecule has 0 atom stereocenters. The highest BCUT2D eigenvalue weighted by molar-refractivity contribution is 7.73. The third-order valence-electron chi connectivity index (χ3n) is 5.21. The fraction of sp³-hybridized carbons (Fsp3) is 0.167. The highest BCUT2D eigenvalue weighted by Gasteiger charge is 2.22. The summed E-state index contributed by atoms with van der Waals surface area (Å²) in [4.78, 5) is 25.3. The number of carbonyl (C=O) groups is 2. The molecule has 8 heteroatoms. The van der Waals surface area contributed by atoms with Gasteiger partial charge in [-0.2, -0.15) is 0 Å². The average molecular weight is 497 g/mol. The summed E-state index contributed by atoms with van der Waals surface area (Å²) >= 11 is 23.2. The van der Waals surface area contributed by atoms with Crippen molar-refractivity contribution in [2.45, 2.75) is 13.8 Å². The van der Waals surface area contributed by atoms with Gasteiger partial charge in [0.2, 0.25) is 0 Å². The molecule has 32 heavy (non-hydrogen) atoms. The molecule has 0 bridgehead atoms. The Balaban J connectivity index is 2.28. The Hall–Kier alpha value is -2.52. The second-order valence-corrected chi connectivity index (χ2v) is 8.63. The van der Waals surface area contributed by atoms with E-state index in [0.717, 1.165) is 10.8 Å². The molecule has 0 radical (unpaired) electrons. The third kappa shape index (κ3) is 3.47. The maximum atomic E-state index is 12.6. The zero-order chi connectivity index (χ0) is 23.2. The zero-order valence-corrected chi connectivity index (χ0v) is 20.4. The van der Waals surface area contributed by atoms with E-state index in [9.17, 15) is 9.59 Å². The van der Waals surface area contributed by atoms with Crippen molar-refractivity contribution in [3.05, 3.63) is 76.0 Å². The molecule has 2 aliphatic rings. The molecule has 160 valence electrons. The van der Waals surface area contributed by atoms with Gasteiger partial charge >= 0.3 is 11.9 Å². The van der Waals surface area contributed by atoms with Gasteiger partial charge in [-0.1, -0.05) is 73.1 Å². The summed E-state index contributed by atoms with van der Waals surface area (Å²) in [5, 5.41) is 3.99. The fourth-order valence-corrected chi connectivity index (χ4v) is 5.45. The molecule has 0 aromatic heterocycles. The van der Waals surface area contributed by atoms with E-state index in [1.165, 1.54) is 0 Å². The number of rotatable bonds is 4. The van der Waals surface area contributed by atoms with Crippen LogP contribution in [0.5, 0.6) is 0 Å². The van der Waals surface area contributed by atoms with Crippen molar-refractivity contribution in [1.82, 2.24) is 0 Å². The number of hydrogen-bond donors (Lipinski definition) is 0. The first kappa shape index (κ1) is 22.7. The largest absolute Gasteiger partial charge is 0.462 e. The van der Waals surface area contributed by atoms with Crippen LogP contribution in [0.3, 0.4) is 0 Å². The molecule has 4 nitrogen and oxygen atoms in total. The minimum absolute atomic E-state index is 0.0722. The first-order valence-corrected chi connectivity index (χ1v) is 11.5. The van der Waals surface area contributed by atoms with Crippen LogP contribution in [0.15, 0.2) is 36.4 Å². The molecule has 2 aromatic carbocycles. The highest BCUT2D eigenvalue weighted by atomic mass is 32.1. The number of benzene rings is 2. The van der Waals surface area contributed by atoms with Crippen LogP contribution in [0, 0.1) is 28.5 Å². The van der Waals surface area contributed by atoms with E-state index < -0.39 is 11.9 Å². The van der Waals surface area contributed by atoms with Crippen molar-refractivity contribution < 1.29 is 19.1 Å². The van der Waals surface area contributed by atoms with Crippen LogP contribution in [0.25, 0.3) is 21.5 Å². The number of hydrogen-bond acceptors (Lipinski definition) is 8. The standard InChI is InChI=1S/C24H16O4S4/c1-3-27-23(25)15-9-13-14(10-16(15)24(26)28-4-2)22(32)18-17(21(13)31)19(29)11-7-5-6-8-12(11)20(18)30/h5-10H,3-4H2,1-2H3. The van der Waals surface area contributed by atoms with Crippen LogP contribution >= 0.6 is 48.9 Å². The lowest BCUT2D eigenvalue weighted by Crippen LogP contribution is -2.14. The number of fused-ring (bicyclic) bond motifs is 2. The Labute approximate surface area is 203 Å². The fourth-order valence-electron chi connectivity index (χ4n) is 3.81. The molecule has 0 heterocycles. The van der Waals surface area contributed by atoms with Crippen molar-refractivity contribution in [3.63, 3.8) is 0 Å². The third-order valence-corrected chi connectivity index (χ3v) is 6.91. The molecule has 0 N–H and O–H groups in total. The Bertz CT molecular complexity index is 1590. The molecule has 0 unspecified atom stereocenters. The predicted molar refractivity (Wildman–Crippen MR) is 134 cm³/mol. The highest BCUT2D eigenvalue weighted by Crippen LogP contribution is 2.29. The molecule has 0 saturated heterocycles. The summed E-state index contributed by atoms with van der Waals surface area (Å²) in [6, 6.07) is 10.7. The predicted octanol–water partition coefficient (Wildman–Crippen LogP) is 6.86. The van der Waals surface area contributed by atoms with Crippen molar-refractivity contribution in [1.29, 1.82) is 0 Å². The van der Waals surface area contributed by atoms with Crippen LogP contribution in [-0.4, -0.2) is 25.2 Å². The van der Waals surface area contributed by atoms with Crippen molar-refractivity contribution in [2.24, 2.45) is 0 Å². The quantitative estimate of drug-likeness (QED) is 0.224. The van der Waals surface area contributed by atoms with Gasteiger partial charge in [0.05, 0.1) is 42.4 Å². The molecular formula is C24H16O4S4. The smallest absolute Gasteiger partial charge is 0.339 e. The van der Waals surface area contributed by atoms with E-state index in [2.05, 4.69) is 0 Å². The summed E-state index contributed by atoms with van der Waals surface area (Å²) in [5.41, 5.74) is 0.144. The van der Waals surface area contributed by atoms with Crippen LogP contribution in [-0.2, 0) is 9.47 Å². The lowest BCUT2D eigenvalue weighted by atomic mass is 9.97. The Morgan fingerprint density at radius 3 is 1.34 bits per heavy atom. The SMILES string of the molecule is CCOC(=O)c1cc2c(=S)c3c(=S)c4ccccc4c(=S)c=3c(=S)c2cc1C(=O)OCC. The van der Waals surface area contributed by atoms with Gasteiger partial charge in [-0.15, -0.1) is 0 Å². The van der Waals surface area contributed by atoms with E-state index in [1.54, 1.807) is 26.0 Å². The average Bonchev–Trinajstić information content (AvgIpc) is 2.79. The van der Waals surface area contributed by atoms with Crippen LogP contribution in [0.1, 0.15) is 34.6 Å². The summed E-state index contributed by atoms with van der Waals surface area (Å²) in [6.45, 7) is 3.70. The van der Waals surface area contributed by atoms with Crippen molar-refractivity contribution >= 4 is 82.4 Å². The Morgan fingerprint density at radius 1 is 0.656 bits per heavy atom. The molecule has 0 amide bonds. The van der Waals surface area contributed by atoms with Crippen LogP contribution < -0.4 is 0 Å². The molecule has 2 aromatic rings. The summed E-state index contributed by atoms with van der Waals surface area (Å²) in [5.74, 6) is -1.28. The lowest BCUT2D eigenvalue weighted by Gasteiger charge is -2.11. The lowest BCUT2D eigenvalue weighted by molar-refractivity contribution is 0.0479. The van der Waals surface area contributed by atoms with E-state index >= 15 is 0 Å². The Morgan fingerprint density at radius 2 is 1.00 bits per heavy atom. The topological polar surface area (TPSA) is 52.6 Å². The molecule has 0 spiro atoms. The number of ether oxygens (including phenoxy) is 2. The van der Waals surface area contributed by atoms with Gasteiger partial charge in [0, 0.05) is 32.0 Å². The van der Waals surface area contributed by atoms with Crippen molar-refractivity contribution in [3.8, 4) is 0 Å². The minimum Gasteiger partial charge on any atom is -0.462 e. The molecule has 2 aliphatic carbocycles. The first-order valence-electron chi connectivity index (χ1n) is 9.86. The van der Waals surface area contributed by atoms with Gasteiger partial charge in [-0.05, 0) is 26.0 Å². The molecular weight excluding hydrogens is 481 g/mol. The molecule has 0 fully saturated rings. The minimum atomic E-state index is -0.640. The van der Waals surface area contributed by atoms with E-state index in [4.69, 9.17) is 58.3 Å². The van der Waals surface area contributed by atoms with E-state index in [-0.39, 0.29) is 24.3 Å². The first-order chi connectivity index (χ1) is 15.3. The maximum absolute atomic E-state index is 12.6. The van der Waals surface area contributed by atoms with Crippen molar-refractivity contribution in [2.75, 3.05) is 13.2 Å². The van der Waals surface area contributed by atoms with E-state index in [1.807, 2.05) is 24.3 Å². The van der Waals surface area contributed by atoms with Gasteiger partial charge in [0.25, 0.3) is 0 Å². The zero-order valence-electron chi connectivity index (χ0n) is 17.1. The summed E-state index contributed by atoms with van der Waals surface area (Å²) < 4.78 is 12.3. The van der Waals surface area contributed by atoms with Gasteiger partial charge in [-0.25, -0.2) is 9.59 Å². The molecule has 4 rings (SSSR count). The van der Waals surface area contributed by atoms with Gasteiger partial charge < -0.3 is 9.47 Å². The maximum Gasteiger partial charge on any atom is 0.339 e. The summed E-state index contributed by atoms with van der Waals surface area (Å²) in [6.07, 6.45) is 0. The molecule has 0 aliphatic heterocycles. The number of esters is 2. The second kappa shape index (κ2) is 8.78. The number of carbonyl (C=O) groups excluding carboxylic acids is 2. The van der Waals surface area contributed by atoms with E-state index in [0.29, 0.717) is 39.3 Å².